The monoisotopic (exact) mass is 305 g/mol. The molecule has 2 bridgehead atoms. The fourth-order valence-electron chi connectivity index (χ4n) is 4.45. The van der Waals surface area contributed by atoms with Crippen molar-refractivity contribution in [2.45, 2.75) is 19.3 Å². The Hall–Kier alpha value is -0.830. The molecule has 0 spiro atoms. The average molecular weight is 306 g/mol. The Balaban J connectivity index is 1.48. The van der Waals surface area contributed by atoms with Gasteiger partial charge in [-0.2, -0.15) is 0 Å². The Morgan fingerprint density at radius 3 is 2.50 bits per heavy atom. The highest BCUT2D eigenvalue weighted by Crippen LogP contribution is 2.69. The molecular weight excluding hydrogens is 290 g/mol. The smallest absolute Gasteiger partial charge is 0.228 e. The number of hydrogen-bond donors (Lipinski definition) is 1. The van der Waals surface area contributed by atoms with E-state index in [1.165, 1.54) is 19.3 Å². The summed E-state index contributed by atoms with van der Waals surface area (Å²) in [6, 6.07) is 7.84. The minimum Gasteiger partial charge on any atom is -0.325 e. The first-order valence-corrected chi connectivity index (χ1v) is 7.60. The van der Waals surface area contributed by atoms with Crippen molar-refractivity contribution in [1.82, 2.24) is 0 Å². The summed E-state index contributed by atoms with van der Waals surface area (Å²) in [5.74, 6) is 3.69. The maximum absolute atomic E-state index is 12.3. The number of fused-ring (bicyclic) bond motifs is 5. The second-order valence-electron chi connectivity index (χ2n) is 5.98. The maximum atomic E-state index is 12.3. The lowest BCUT2D eigenvalue weighted by atomic mass is 10.0. The molecule has 1 aromatic rings. The van der Waals surface area contributed by atoms with Crippen LogP contribution in [0, 0.1) is 29.6 Å². The number of carbonyl (C=O) groups excluding carboxylic acids is 1. The third kappa shape index (κ3) is 1.49. The van der Waals surface area contributed by atoms with Crippen LogP contribution in [0.2, 0.25) is 0 Å². The molecule has 1 amide bonds. The van der Waals surface area contributed by atoms with Crippen molar-refractivity contribution >= 4 is 27.5 Å². The topological polar surface area (TPSA) is 29.1 Å². The van der Waals surface area contributed by atoms with Gasteiger partial charge in [0.2, 0.25) is 5.91 Å². The lowest BCUT2D eigenvalue weighted by Gasteiger charge is -2.10. The largest absolute Gasteiger partial charge is 0.325 e. The number of benzene rings is 1. The molecule has 4 atom stereocenters. The van der Waals surface area contributed by atoms with Gasteiger partial charge in [0.25, 0.3) is 0 Å². The van der Waals surface area contributed by atoms with Crippen LogP contribution in [0.25, 0.3) is 0 Å². The van der Waals surface area contributed by atoms with Crippen LogP contribution in [0.15, 0.2) is 28.7 Å². The van der Waals surface area contributed by atoms with Crippen molar-refractivity contribution in [3.8, 4) is 0 Å². The number of amides is 1. The molecule has 3 aliphatic rings. The predicted octanol–water partition coefficient (Wildman–Crippen LogP) is 3.68. The zero-order chi connectivity index (χ0) is 12.3. The summed E-state index contributed by atoms with van der Waals surface area (Å²) >= 11 is 3.48. The Morgan fingerprint density at radius 2 is 1.83 bits per heavy atom. The van der Waals surface area contributed by atoms with Gasteiger partial charge >= 0.3 is 0 Å². The molecule has 1 aromatic carbocycles. The predicted molar refractivity (Wildman–Crippen MR) is 74.1 cm³/mol. The van der Waals surface area contributed by atoms with Crippen molar-refractivity contribution in [2.24, 2.45) is 29.6 Å². The summed E-state index contributed by atoms with van der Waals surface area (Å²) in [6.07, 6.45) is 4.13. The van der Waals surface area contributed by atoms with Gasteiger partial charge in [-0.3, -0.25) is 4.79 Å². The van der Waals surface area contributed by atoms with Crippen molar-refractivity contribution in [2.75, 3.05) is 5.32 Å². The molecule has 0 aromatic heterocycles. The van der Waals surface area contributed by atoms with E-state index >= 15 is 0 Å². The molecule has 4 unspecified atom stereocenters. The first-order valence-electron chi connectivity index (χ1n) is 6.81. The van der Waals surface area contributed by atoms with E-state index in [-0.39, 0.29) is 5.91 Å². The number of rotatable bonds is 2. The van der Waals surface area contributed by atoms with E-state index in [1.54, 1.807) is 0 Å². The Kier molecular flexibility index (Phi) is 2.35. The zero-order valence-electron chi connectivity index (χ0n) is 10.1. The first-order chi connectivity index (χ1) is 8.75. The summed E-state index contributed by atoms with van der Waals surface area (Å²) in [7, 11) is 0. The maximum Gasteiger partial charge on any atom is 0.228 e. The van der Waals surface area contributed by atoms with E-state index < -0.39 is 0 Å². The van der Waals surface area contributed by atoms with E-state index in [2.05, 4.69) is 21.2 Å². The molecule has 0 heterocycles. The Labute approximate surface area is 115 Å². The number of nitrogens with one attached hydrogen (secondary N) is 1. The number of carbonyl (C=O) groups is 1. The molecule has 3 saturated carbocycles. The molecule has 4 rings (SSSR count). The summed E-state index contributed by atoms with van der Waals surface area (Å²) in [4.78, 5) is 12.3. The van der Waals surface area contributed by atoms with Crippen molar-refractivity contribution in [3.05, 3.63) is 28.7 Å². The van der Waals surface area contributed by atoms with Crippen LogP contribution in [-0.2, 0) is 4.79 Å². The Morgan fingerprint density at radius 1 is 1.17 bits per heavy atom. The highest BCUT2D eigenvalue weighted by molar-refractivity contribution is 9.10. The lowest BCUT2D eigenvalue weighted by Crippen LogP contribution is -2.18. The molecule has 3 fully saturated rings. The third-order valence-corrected chi connectivity index (χ3v) is 5.86. The average Bonchev–Trinajstić information content (AvgIpc) is 2.82. The van der Waals surface area contributed by atoms with Crippen molar-refractivity contribution in [1.29, 1.82) is 0 Å². The van der Waals surface area contributed by atoms with Gasteiger partial charge < -0.3 is 5.32 Å². The summed E-state index contributed by atoms with van der Waals surface area (Å²) in [5, 5.41) is 3.08. The van der Waals surface area contributed by atoms with Gasteiger partial charge in [0.15, 0.2) is 0 Å². The van der Waals surface area contributed by atoms with Gasteiger partial charge in [-0.1, -0.05) is 12.1 Å². The molecule has 94 valence electrons. The lowest BCUT2D eigenvalue weighted by molar-refractivity contribution is -0.118. The number of para-hydroxylation sites is 1. The highest BCUT2D eigenvalue weighted by Gasteiger charge is 2.67. The van der Waals surface area contributed by atoms with E-state index in [0.29, 0.717) is 17.8 Å². The number of hydrogen-bond acceptors (Lipinski definition) is 1. The number of anilines is 1. The fraction of sp³-hybridized carbons (Fsp3) is 0.533. The van der Waals surface area contributed by atoms with E-state index in [0.717, 1.165) is 22.0 Å². The van der Waals surface area contributed by atoms with E-state index in [4.69, 9.17) is 0 Å². The van der Waals surface area contributed by atoms with Gasteiger partial charge in [-0.05, 0) is 71.0 Å². The van der Waals surface area contributed by atoms with Crippen LogP contribution < -0.4 is 5.32 Å². The van der Waals surface area contributed by atoms with Crippen LogP contribution in [-0.4, -0.2) is 5.91 Å². The molecule has 3 heteroatoms. The molecular formula is C15H16BrNO. The van der Waals surface area contributed by atoms with Gasteiger partial charge in [0, 0.05) is 10.4 Å². The molecule has 1 N–H and O–H groups in total. The van der Waals surface area contributed by atoms with E-state index in [1.807, 2.05) is 24.3 Å². The van der Waals surface area contributed by atoms with Crippen molar-refractivity contribution < 1.29 is 4.79 Å². The third-order valence-electron chi connectivity index (χ3n) is 5.17. The van der Waals surface area contributed by atoms with E-state index in [9.17, 15) is 4.79 Å². The van der Waals surface area contributed by atoms with Crippen LogP contribution in [0.1, 0.15) is 19.3 Å². The normalized spacial score (nSPS) is 39.5. The second kappa shape index (κ2) is 3.83. The minimum absolute atomic E-state index is 0.244. The summed E-state index contributed by atoms with van der Waals surface area (Å²) in [6.45, 7) is 0. The summed E-state index contributed by atoms with van der Waals surface area (Å²) in [5.41, 5.74) is 0.903. The Bertz CT molecular complexity index is 499. The summed E-state index contributed by atoms with van der Waals surface area (Å²) < 4.78 is 0.965. The molecule has 3 aliphatic carbocycles. The zero-order valence-corrected chi connectivity index (χ0v) is 11.7. The molecule has 0 aliphatic heterocycles. The van der Waals surface area contributed by atoms with Crippen molar-refractivity contribution in [3.63, 3.8) is 0 Å². The SMILES string of the molecule is O=C(Nc1ccccc1Br)C1C2C3CCC(C3)C12. The molecule has 2 nitrogen and oxygen atoms in total. The first kappa shape index (κ1) is 11.0. The molecule has 0 saturated heterocycles. The van der Waals surface area contributed by atoms with Crippen LogP contribution >= 0.6 is 15.9 Å². The second-order valence-corrected chi connectivity index (χ2v) is 6.84. The van der Waals surface area contributed by atoms with Gasteiger partial charge in [0.1, 0.15) is 0 Å². The molecule has 18 heavy (non-hydrogen) atoms. The number of halogens is 1. The minimum atomic E-state index is 0.244. The quantitative estimate of drug-likeness (QED) is 0.887. The van der Waals surface area contributed by atoms with Gasteiger partial charge in [0.05, 0.1) is 5.69 Å². The fourth-order valence-corrected chi connectivity index (χ4v) is 4.84. The van der Waals surface area contributed by atoms with Crippen LogP contribution in [0.3, 0.4) is 0 Å². The molecule has 0 radical (unpaired) electrons. The highest BCUT2D eigenvalue weighted by atomic mass is 79.9. The standard InChI is InChI=1S/C15H16BrNO/c16-10-3-1-2-4-11(10)17-15(18)14-12-8-5-6-9(7-8)13(12)14/h1-4,8-9,12-14H,5-7H2,(H,17,18). The van der Waals surface area contributed by atoms with Gasteiger partial charge in [-0.15, -0.1) is 0 Å². The van der Waals surface area contributed by atoms with Gasteiger partial charge in [-0.25, -0.2) is 0 Å². The van der Waals surface area contributed by atoms with Crippen LogP contribution in [0.5, 0.6) is 0 Å². The van der Waals surface area contributed by atoms with Crippen LogP contribution in [0.4, 0.5) is 5.69 Å².